The SMILES string of the molecule is O=C(CCNc1ccc(Cl)cc1Cl)NCc1ccc(Cl)cc1. The highest BCUT2D eigenvalue weighted by molar-refractivity contribution is 6.36. The Kier molecular flexibility index (Phi) is 6.37. The summed E-state index contributed by atoms with van der Waals surface area (Å²) in [6.45, 7) is 0.978. The van der Waals surface area contributed by atoms with Crippen molar-refractivity contribution in [1.82, 2.24) is 5.32 Å². The summed E-state index contributed by atoms with van der Waals surface area (Å²) < 4.78 is 0. The maximum atomic E-state index is 11.8. The number of halogens is 3. The van der Waals surface area contributed by atoms with Gasteiger partial charge in [0.15, 0.2) is 0 Å². The second kappa shape index (κ2) is 8.28. The van der Waals surface area contributed by atoms with Gasteiger partial charge in [-0.2, -0.15) is 0 Å². The largest absolute Gasteiger partial charge is 0.383 e. The van der Waals surface area contributed by atoms with Crippen molar-refractivity contribution >= 4 is 46.4 Å². The first kappa shape index (κ1) is 16.9. The van der Waals surface area contributed by atoms with Gasteiger partial charge in [-0.1, -0.05) is 46.9 Å². The molecule has 2 aromatic carbocycles. The molecule has 2 aromatic rings. The fourth-order valence-electron chi connectivity index (χ4n) is 1.83. The minimum Gasteiger partial charge on any atom is -0.383 e. The number of amides is 1. The molecule has 0 aliphatic carbocycles. The Morgan fingerprint density at radius 2 is 1.64 bits per heavy atom. The van der Waals surface area contributed by atoms with Crippen molar-refractivity contribution in [3.05, 3.63) is 63.1 Å². The van der Waals surface area contributed by atoms with Crippen LogP contribution in [0.3, 0.4) is 0 Å². The lowest BCUT2D eigenvalue weighted by Crippen LogP contribution is -2.24. The van der Waals surface area contributed by atoms with Gasteiger partial charge in [0.25, 0.3) is 0 Å². The molecule has 0 spiro atoms. The highest BCUT2D eigenvalue weighted by atomic mass is 35.5. The van der Waals surface area contributed by atoms with E-state index in [4.69, 9.17) is 34.8 Å². The summed E-state index contributed by atoms with van der Waals surface area (Å²) >= 11 is 17.7. The van der Waals surface area contributed by atoms with Gasteiger partial charge in [0.05, 0.1) is 10.7 Å². The van der Waals surface area contributed by atoms with Crippen LogP contribution in [0.1, 0.15) is 12.0 Å². The third-order valence-electron chi connectivity index (χ3n) is 3.00. The fourth-order valence-corrected chi connectivity index (χ4v) is 2.44. The van der Waals surface area contributed by atoms with Crippen molar-refractivity contribution in [2.45, 2.75) is 13.0 Å². The lowest BCUT2D eigenvalue weighted by molar-refractivity contribution is -0.121. The Balaban J connectivity index is 1.72. The number of nitrogens with one attached hydrogen (secondary N) is 2. The first-order valence-corrected chi connectivity index (χ1v) is 7.88. The molecule has 0 atom stereocenters. The van der Waals surface area contributed by atoms with Crippen LogP contribution >= 0.6 is 34.8 Å². The van der Waals surface area contributed by atoms with Crippen LogP contribution in [0.25, 0.3) is 0 Å². The van der Waals surface area contributed by atoms with Crippen molar-refractivity contribution in [2.75, 3.05) is 11.9 Å². The van der Waals surface area contributed by atoms with Gasteiger partial charge in [-0.3, -0.25) is 4.79 Å². The average molecular weight is 358 g/mol. The molecule has 2 rings (SSSR count). The first-order valence-electron chi connectivity index (χ1n) is 6.74. The van der Waals surface area contributed by atoms with Crippen molar-refractivity contribution in [3.63, 3.8) is 0 Å². The van der Waals surface area contributed by atoms with Gasteiger partial charge in [-0.05, 0) is 35.9 Å². The van der Waals surface area contributed by atoms with Crippen LogP contribution in [0.5, 0.6) is 0 Å². The highest BCUT2D eigenvalue weighted by Gasteiger charge is 2.04. The van der Waals surface area contributed by atoms with Gasteiger partial charge in [-0.15, -0.1) is 0 Å². The third kappa shape index (κ3) is 5.41. The Hall–Kier alpha value is -1.42. The molecule has 0 radical (unpaired) electrons. The molecule has 0 heterocycles. The van der Waals surface area contributed by atoms with Gasteiger partial charge in [0.1, 0.15) is 0 Å². The van der Waals surface area contributed by atoms with E-state index in [2.05, 4.69) is 10.6 Å². The maximum Gasteiger partial charge on any atom is 0.222 e. The lowest BCUT2D eigenvalue weighted by Gasteiger charge is -2.09. The number of carbonyl (C=O) groups is 1. The van der Waals surface area contributed by atoms with Crippen LogP contribution in [-0.2, 0) is 11.3 Å². The van der Waals surface area contributed by atoms with Crippen LogP contribution in [0, 0.1) is 0 Å². The molecule has 3 nitrogen and oxygen atoms in total. The van der Waals surface area contributed by atoms with Gasteiger partial charge < -0.3 is 10.6 Å². The van der Waals surface area contributed by atoms with Crippen LogP contribution in [0.2, 0.25) is 15.1 Å². The predicted octanol–water partition coefficient (Wildman–Crippen LogP) is 4.77. The Labute approximate surface area is 144 Å². The van der Waals surface area contributed by atoms with E-state index < -0.39 is 0 Å². The molecule has 0 fully saturated rings. The second-order valence-electron chi connectivity index (χ2n) is 4.70. The van der Waals surface area contributed by atoms with Crippen LogP contribution in [0.4, 0.5) is 5.69 Å². The normalized spacial score (nSPS) is 10.3. The summed E-state index contributed by atoms with van der Waals surface area (Å²) in [6, 6.07) is 12.6. The van der Waals surface area contributed by atoms with E-state index in [0.717, 1.165) is 11.3 Å². The van der Waals surface area contributed by atoms with E-state index in [1.165, 1.54) is 0 Å². The summed E-state index contributed by atoms with van der Waals surface area (Å²) in [5, 5.41) is 7.76. The lowest BCUT2D eigenvalue weighted by atomic mass is 10.2. The Bertz CT molecular complexity index is 644. The molecule has 0 aliphatic heterocycles. The van der Waals surface area contributed by atoms with E-state index in [1.54, 1.807) is 30.3 Å². The molecule has 0 saturated carbocycles. The maximum absolute atomic E-state index is 11.8. The average Bonchev–Trinajstić information content (AvgIpc) is 2.49. The van der Waals surface area contributed by atoms with E-state index in [0.29, 0.717) is 34.6 Å². The molecule has 1 amide bonds. The zero-order chi connectivity index (χ0) is 15.9. The molecule has 0 unspecified atom stereocenters. The molecule has 116 valence electrons. The van der Waals surface area contributed by atoms with Crippen molar-refractivity contribution < 1.29 is 4.79 Å². The number of benzene rings is 2. The van der Waals surface area contributed by atoms with E-state index in [-0.39, 0.29) is 5.91 Å². The smallest absolute Gasteiger partial charge is 0.222 e. The second-order valence-corrected chi connectivity index (χ2v) is 5.98. The molecule has 22 heavy (non-hydrogen) atoms. The number of carbonyl (C=O) groups excluding carboxylic acids is 1. The summed E-state index contributed by atoms with van der Waals surface area (Å²) in [5.74, 6) is -0.0347. The molecule has 0 bridgehead atoms. The van der Waals surface area contributed by atoms with Gasteiger partial charge in [-0.25, -0.2) is 0 Å². The van der Waals surface area contributed by atoms with Gasteiger partial charge in [0.2, 0.25) is 5.91 Å². The van der Waals surface area contributed by atoms with Crippen molar-refractivity contribution in [2.24, 2.45) is 0 Å². The molecular formula is C16H15Cl3N2O. The van der Waals surface area contributed by atoms with E-state index >= 15 is 0 Å². The fraction of sp³-hybridized carbons (Fsp3) is 0.188. The monoisotopic (exact) mass is 356 g/mol. The van der Waals surface area contributed by atoms with Crippen LogP contribution in [0.15, 0.2) is 42.5 Å². The zero-order valence-corrected chi connectivity index (χ0v) is 14.0. The van der Waals surface area contributed by atoms with Crippen molar-refractivity contribution in [1.29, 1.82) is 0 Å². The summed E-state index contributed by atoms with van der Waals surface area (Å²) in [5.41, 5.74) is 1.77. The molecule has 0 aliphatic rings. The summed E-state index contributed by atoms with van der Waals surface area (Å²) in [4.78, 5) is 11.8. The number of anilines is 1. The van der Waals surface area contributed by atoms with Gasteiger partial charge >= 0.3 is 0 Å². The summed E-state index contributed by atoms with van der Waals surface area (Å²) in [6.07, 6.45) is 0.354. The molecule has 6 heteroatoms. The number of hydrogen-bond acceptors (Lipinski definition) is 2. The predicted molar refractivity (Wildman–Crippen MR) is 92.9 cm³/mol. The standard InChI is InChI=1S/C16H15Cl3N2O/c17-12-3-1-11(2-4-12)10-21-16(22)7-8-20-15-6-5-13(18)9-14(15)19/h1-6,9,20H,7-8,10H2,(H,21,22). The van der Waals surface area contributed by atoms with E-state index in [1.807, 2.05) is 12.1 Å². The third-order valence-corrected chi connectivity index (χ3v) is 3.80. The van der Waals surface area contributed by atoms with Gasteiger partial charge in [0, 0.05) is 29.6 Å². The summed E-state index contributed by atoms with van der Waals surface area (Å²) in [7, 11) is 0. The van der Waals surface area contributed by atoms with Crippen LogP contribution < -0.4 is 10.6 Å². The minimum atomic E-state index is -0.0347. The zero-order valence-electron chi connectivity index (χ0n) is 11.7. The van der Waals surface area contributed by atoms with E-state index in [9.17, 15) is 4.79 Å². The Morgan fingerprint density at radius 1 is 0.955 bits per heavy atom. The highest BCUT2D eigenvalue weighted by Crippen LogP contribution is 2.25. The quantitative estimate of drug-likeness (QED) is 0.782. The molecule has 2 N–H and O–H groups in total. The first-order chi connectivity index (χ1) is 10.5. The van der Waals surface area contributed by atoms with Crippen molar-refractivity contribution in [3.8, 4) is 0 Å². The Morgan fingerprint density at radius 3 is 2.32 bits per heavy atom. The minimum absolute atomic E-state index is 0.0347. The van der Waals surface area contributed by atoms with Crippen LogP contribution in [-0.4, -0.2) is 12.5 Å². The molecule has 0 aromatic heterocycles. The molecular weight excluding hydrogens is 343 g/mol. The molecule has 0 saturated heterocycles. The number of hydrogen-bond donors (Lipinski definition) is 2. The topological polar surface area (TPSA) is 41.1 Å². The number of rotatable bonds is 6.